The molecule has 2 aliphatic rings. The van der Waals surface area contributed by atoms with E-state index in [0.717, 1.165) is 32.4 Å². The van der Waals surface area contributed by atoms with Crippen molar-refractivity contribution in [1.29, 1.82) is 0 Å². The van der Waals surface area contributed by atoms with Gasteiger partial charge in [-0.3, -0.25) is 4.79 Å². The van der Waals surface area contributed by atoms with Crippen molar-refractivity contribution in [2.24, 2.45) is 11.8 Å². The molecule has 2 heterocycles. The van der Waals surface area contributed by atoms with Crippen molar-refractivity contribution in [2.75, 3.05) is 19.7 Å². The zero-order valence-electron chi connectivity index (χ0n) is 13.4. The number of amides is 1. The van der Waals surface area contributed by atoms with Crippen LogP contribution in [0.15, 0.2) is 24.3 Å². The molecule has 0 saturated carbocycles. The van der Waals surface area contributed by atoms with Crippen molar-refractivity contribution in [1.82, 2.24) is 4.90 Å². The lowest BCUT2D eigenvalue weighted by Gasteiger charge is -2.40. The molecule has 2 aliphatic heterocycles. The predicted octanol–water partition coefficient (Wildman–Crippen LogP) is 3.06. The van der Waals surface area contributed by atoms with Gasteiger partial charge in [-0.2, -0.15) is 0 Å². The van der Waals surface area contributed by atoms with E-state index in [2.05, 4.69) is 13.8 Å². The molecule has 0 aliphatic carbocycles. The van der Waals surface area contributed by atoms with Crippen LogP contribution in [0.5, 0.6) is 5.75 Å². The highest BCUT2D eigenvalue weighted by Crippen LogP contribution is 2.40. The van der Waals surface area contributed by atoms with Gasteiger partial charge in [0.05, 0.1) is 12.2 Å². The van der Waals surface area contributed by atoms with Crippen molar-refractivity contribution in [3.63, 3.8) is 0 Å². The molecule has 2 fully saturated rings. The van der Waals surface area contributed by atoms with Gasteiger partial charge in [-0.1, -0.05) is 13.8 Å². The number of phenolic OH excluding ortho intramolecular Hbond substituents is 1. The van der Waals surface area contributed by atoms with Gasteiger partial charge >= 0.3 is 0 Å². The summed E-state index contributed by atoms with van der Waals surface area (Å²) < 4.78 is 6.16. The number of ether oxygens (including phenoxy) is 1. The standard InChI is InChI=1S/C18H25NO3/c1-13(2)15-10-18(22-11-15)8-3-9-19(12-18)17(21)14-4-6-16(20)7-5-14/h4-7,13,15,20H,3,8-12H2,1-2H3/t15-,18-/m1/s1. The predicted molar refractivity (Wildman–Crippen MR) is 84.9 cm³/mol. The first-order valence-electron chi connectivity index (χ1n) is 8.21. The third-order valence-corrected chi connectivity index (χ3v) is 5.12. The summed E-state index contributed by atoms with van der Waals surface area (Å²) in [5.41, 5.74) is 0.494. The van der Waals surface area contributed by atoms with Crippen LogP contribution in [-0.4, -0.2) is 41.2 Å². The number of phenols is 1. The van der Waals surface area contributed by atoms with Crippen LogP contribution in [0, 0.1) is 11.8 Å². The van der Waals surface area contributed by atoms with Gasteiger partial charge in [-0.05, 0) is 55.4 Å². The highest BCUT2D eigenvalue weighted by Gasteiger charge is 2.45. The van der Waals surface area contributed by atoms with Crippen LogP contribution >= 0.6 is 0 Å². The number of nitrogens with zero attached hydrogens (tertiary/aromatic N) is 1. The van der Waals surface area contributed by atoms with E-state index in [4.69, 9.17) is 4.74 Å². The second-order valence-electron chi connectivity index (χ2n) is 7.08. The van der Waals surface area contributed by atoms with E-state index in [1.165, 1.54) is 0 Å². The van der Waals surface area contributed by atoms with Gasteiger partial charge in [0.25, 0.3) is 5.91 Å². The van der Waals surface area contributed by atoms with Crippen molar-refractivity contribution >= 4 is 5.91 Å². The van der Waals surface area contributed by atoms with Gasteiger partial charge in [0.15, 0.2) is 0 Å². The molecule has 1 N–H and O–H groups in total. The first kappa shape index (κ1) is 15.3. The Labute approximate surface area is 132 Å². The fraction of sp³-hybridized carbons (Fsp3) is 0.611. The second kappa shape index (κ2) is 5.92. The minimum Gasteiger partial charge on any atom is -0.508 e. The third kappa shape index (κ3) is 2.98. The van der Waals surface area contributed by atoms with Gasteiger partial charge in [0.2, 0.25) is 0 Å². The summed E-state index contributed by atoms with van der Waals surface area (Å²) in [7, 11) is 0. The number of benzene rings is 1. The Hall–Kier alpha value is -1.55. The number of carbonyl (C=O) groups excluding carboxylic acids is 1. The zero-order chi connectivity index (χ0) is 15.7. The van der Waals surface area contributed by atoms with Crippen LogP contribution in [0.3, 0.4) is 0 Å². The molecule has 4 heteroatoms. The maximum absolute atomic E-state index is 12.7. The van der Waals surface area contributed by atoms with Crippen molar-refractivity contribution in [2.45, 2.75) is 38.7 Å². The molecule has 2 saturated heterocycles. The number of carbonyl (C=O) groups is 1. The third-order valence-electron chi connectivity index (χ3n) is 5.12. The van der Waals surface area contributed by atoms with E-state index >= 15 is 0 Å². The molecular weight excluding hydrogens is 278 g/mol. The zero-order valence-corrected chi connectivity index (χ0v) is 13.4. The molecule has 22 heavy (non-hydrogen) atoms. The topological polar surface area (TPSA) is 49.8 Å². The van der Waals surface area contributed by atoms with E-state index in [1.54, 1.807) is 24.3 Å². The summed E-state index contributed by atoms with van der Waals surface area (Å²) in [5.74, 6) is 1.45. The quantitative estimate of drug-likeness (QED) is 0.913. The lowest BCUT2D eigenvalue weighted by Crippen LogP contribution is -2.50. The largest absolute Gasteiger partial charge is 0.508 e. The maximum Gasteiger partial charge on any atom is 0.253 e. The summed E-state index contributed by atoms with van der Waals surface area (Å²) in [6.45, 7) is 6.79. The van der Waals surface area contributed by atoms with Gasteiger partial charge in [0.1, 0.15) is 5.75 Å². The van der Waals surface area contributed by atoms with Crippen molar-refractivity contribution in [3.8, 4) is 5.75 Å². The van der Waals surface area contributed by atoms with E-state index in [1.807, 2.05) is 4.90 Å². The lowest BCUT2D eigenvalue weighted by molar-refractivity contribution is -0.0451. The summed E-state index contributed by atoms with van der Waals surface area (Å²) >= 11 is 0. The average molecular weight is 303 g/mol. The Balaban J connectivity index is 1.71. The number of rotatable bonds is 2. The highest BCUT2D eigenvalue weighted by molar-refractivity contribution is 5.94. The number of likely N-dealkylation sites (tertiary alicyclic amines) is 1. The van der Waals surface area contributed by atoms with Crippen molar-refractivity contribution in [3.05, 3.63) is 29.8 Å². The molecular formula is C18H25NO3. The van der Waals surface area contributed by atoms with Gasteiger partial charge in [0, 0.05) is 18.7 Å². The normalized spacial score (nSPS) is 28.5. The molecule has 1 spiro atoms. The van der Waals surface area contributed by atoms with E-state index < -0.39 is 0 Å². The van der Waals surface area contributed by atoms with E-state index in [-0.39, 0.29) is 17.3 Å². The molecule has 0 aromatic heterocycles. The second-order valence-corrected chi connectivity index (χ2v) is 7.08. The molecule has 2 atom stereocenters. The first-order valence-corrected chi connectivity index (χ1v) is 8.21. The minimum absolute atomic E-state index is 0.0377. The SMILES string of the molecule is CC(C)[C@H]1CO[C@]2(CCCN(C(=O)c3ccc(O)cc3)C2)C1. The Kier molecular flexibility index (Phi) is 4.13. The van der Waals surface area contributed by atoms with Crippen LogP contribution in [0.4, 0.5) is 0 Å². The minimum atomic E-state index is -0.139. The van der Waals surface area contributed by atoms with Crippen molar-refractivity contribution < 1.29 is 14.6 Å². The van der Waals surface area contributed by atoms with Crippen LogP contribution in [-0.2, 0) is 4.74 Å². The maximum atomic E-state index is 12.7. The molecule has 0 unspecified atom stereocenters. The molecule has 0 radical (unpaired) electrons. The molecule has 1 aromatic carbocycles. The summed E-state index contributed by atoms with van der Waals surface area (Å²) in [4.78, 5) is 14.6. The van der Waals surface area contributed by atoms with Gasteiger partial charge in [-0.25, -0.2) is 0 Å². The van der Waals surface area contributed by atoms with E-state index in [0.29, 0.717) is 23.9 Å². The summed E-state index contributed by atoms with van der Waals surface area (Å²) in [6.07, 6.45) is 3.11. The monoisotopic (exact) mass is 303 g/mol. The van der Waals surface area contributed by atoms with Crippen LogP contribution in [0.2, 0.25) is 0 Å². The molecule has 4 nitrogen and oxygen atoms in total. The number of piperidine rings is 1. The Morgan fingerprint density at radius 3 is 2.73 bits per heavy atom. The molecule has 1 aromatic rings. The van der Waals surface area contributed by atoms with Gasteiger partial charge in [-0.15, -0.1) is 0 Å². The molecule has 1 amide bonds. The molecule has 120 valence electrons. The smallest absolute Gasteiger partial charge is 0.253 e. The van der Waals surface area contributed by atoms with Crippen LogP contribution in [0.1, 0.15) is 43.5 Å². The molecule has 3 rings (SSSR count). The number of hydrogen-bond acceptors (Lipinski definition) is 3. The Morgan fingerprint density at radius 2 is 2.09 bits per heavy atom. The van der Waals surface area contributed by atoms with Crippen LogP contribution in [0.25, 0.3) is 0 Å². The molecule has 0 bridgehead atoms. The fourth-order valence-corrected chi connectivity index (χ4v) is 3.65. The Bertz CT molecular complexity index is 540. The lowest BCUT2D eigenvalue weighted by atomic mass is 9.82. The number of hydrogen-bond donors (Lipinski definition) is 1. The van der Waals surface area contributed by atoms with Crippen LogP contribution < -0.4 is 0 Å². The summed E-state index contributed by atoms with van der Waals surface area (Å²) in [5, 5.41) is 9.35. The first-order chi connectivity index (χ1) is 10.5. The Morgan fingerprint density at radius 1 is 1.36 bits per heavy atom. The summed E-state index contributed by atoms with van der Waals surface area (Å²) in [6, 6.07) is 6.50. The highest BCUT2D eigenvalue weighted by atomic mass is 16.5. The van der Waals surface area contributed by atoms with Gasteiger partial charge < -0.3 is 14.7 Å². The number of aromatic hydroxyl groups is 1. The fourth-order valence-electron chi connectivity index (χ4n) is 3.65. The average Bonchev–Trinajstić information content (AvgIpc) is 2.91. The van der Waals surface area contributed by atoms with E-state index in [9.17, 15) is 9.90 Å².